The molecule has 12 heavy (non-hydrogen) atoms. The molecule has 0 aromatic carbocycles. The molecule has 1 aliphatic heterocycles. The highest BCUT2D eigenvalue weighted by atomic mass is 16.5. The lowest BCUT2D eigenvalue weighted by molar-refractivity contribution is -0.120. The molecule has 1 heteroatoms. The lowest BCUT2D eigenvalue weighted by atomic mass is 9.79. The van der Waals surface area contributed by atoms with E-state index in [1.165, 1.54) is 25.7 Å². The van der Waals surface area contributed by atoms with Gasteiger partial charge in [-0.05, 0) is 12.8 Å². The van der Waals surface area contributed by atoms with Gasteiger partial charge in [-0.25, -0.2) is 0 Å². The van der Waals surface area contributed by atoms with Crippen molar-refractivity contribution in [2.45, 2.75) is 53.4 Å². The van der Waals surface area contributed by atoms with Crippen LogP contribution in [0.2, 0.25) is 0 Å². The Labute approximate surface area is 77.5 Å². The molecule has 0 unspecified atom stereocenters. The SMILES string of the molecule is CC.CCCCC1(CC)COC1. The van der Waals surface area contributed by atoms with Gasteiger partial charge in [-0.2, -0.15) is 0 Å². The molecule has 74 valence electrons. The first-order valence-electron chi connectivity index (χ1n) is 5.41. The summed E-state index contributed by atoms with van der Waals surface area (Å²) in [6, 6.07) is 0. The Morgan fingerprint density at radius 2 is 1.75 bits per heavy atom. The molecule has 1 nitrogen and oxygen atoms in total. The van der Waals surface area contributed by atoms with E-state index in [1.807, 2.05) is 13.8 Å². The van der Waals surface area contributed by atoms with E-state index in [0.29, 0.717) is 5.41 Å². The normalized spacial score (nSPS) is 19.0. The topological polar surface area (TPSA) is 9.23 Å². The average Bonchev–Trinajstić information content (AvgIpc) is 2.08. The van der Waals surface area contributed by atoms with Crippen LogP contribution in [0, 0.1) is 5.41 Å². The van der Waals surface area contributed by atoms with Gasteiger partial charge in [0.15, 0.2) is 0 Å². The van der Waals surface area contributed by atoms with Crippen molar-refractivity contribution < 1.29 is 4.74 Å². The highest BCUT2D eigenvalue weighted by Crippen LogP contribution is 2.36. The molecule has 1 saturated heterocycles. The van der Waals surface area contributed by atoms with Gasteiger partial charge in [0, 0.05) is 5.41 Å². The molecule has 0 spiro atoms. The van der Waals surface area contributed by atoms with Gasteiger partial charge >= 0.3 is 0 Å². The molecule has 0 bridgehead atoms. The average molecular weight is 172 g/mol. The van der Waals surface area contributed by atoms with Crippen molar-refractivity contribution in [3.63, 3.8) is 0 Å². The highest BCUT2D eigenvalue weighted by molar-refractivity contribution is 4.83. The third-order valence-electron chi connectivity index (χ3n) is 2.63. The molecule has 0 amide bonds. The van der Waals surface area contributed by atoms with Gasteiger partial charge in [-0.15, -0.1) is 0 Å². The van der Waals surface area contributed by atoms with E-state index in [-0.39, 0.29) is 0 Å². The van der Waals surface area contributed by atoms with Crippen molar-refractivity contribution in [2.24, 2.45) is 5.41 Å². The van der Waals surface area contributed by atoms with Crippen LogP contribution in [-0.2, 0) is 4.74 Å². The minimum atomic E-state index is 0.593. The summed E-state index contributed by atoms with van der Waals surface area (Å²) in [7, 11) is 0. The van der Waals surface area contributed by atoms with Gasteiger partial charge in [0.2, 0.25) is 0 Å². The quantitative estimate of drug-likeness (QED) is 0.629. The van der Waals surface area contributed by atoms with Crippen LogP contribution in [0.25, 0.3) is 0 Å². The van der Waals surface area contributed by atoms with Crippen LogP contribution in [-0.4, -0.2) is 13.2 Å². The maximum atomic E-state index is 5.23. The van der Waals surface area contributed by atoms with E-state index in [0.717, 1.165) is 13.2 Å². The van der Waals surface area contributed by atoms with Gasteiger partial charge in [0.1, 0.15) is 0 Å². The predicted molar refractivity (Wildman–Crippen MR) is 54.4 cm³/mol. The molecule has 0 radical (unpaired) electrons. The molecule has 1 fully saturated rings. The van der Waals surface area contributed by atoms with Crippen LogP contribution in [0.4, 0.5) is 0 Å². The van der Waals surface area contributed by atoms with Crippen molar-refractivity contribution >= 4 is 0 Å². The van der Waals surface area contributed by atoms with Crippen molar-refractivity contribution in [1.82, 2.24) is 0 Å². The van der Waals surface area contributed by atoms with Gasteiger partial charge in [0.05, 0.1) is 13.2 Å². The Morgan fingerprint density at radius 1 is 1.17 bits per heavy atom. The van der Waals surface area contributed by atoms with Crippen molar-refractivity contribution in [3.05, 3.63) is 0 Å². The molecular formula is C11H24O. The van der Waals surface area contributed by atoms with Gasteiger partial charge in [-0.1, -0.05) is 40.5 Å². The minimum Gasteiger partial charge on any atom is -0.380 e. The lowest BCUT2D eigenvalue weighted by Gasteiger charge is -2.41. The smallest absolute Gasteiger partial charge is 0.0544 e. The fourth-order valence-electron chi connectivity index (χ4n) is 1.47. The van der Waals surface area contributed by atoms with Crippen LogP contribution >= 0.6 is 0 Å². The zero-order valence-corrected chi connectivity index (χ0v) is 9.15. The van der Waals surface area contributed by atoms with Crippen molar-refractivity contribution in [3.8, 4) is 0 Å². The number of rotatable bonds is 4. The summed E-state index contributed by atoms with van der Waals surface area (Å²) in [4.78, 5) is 0. The number of hydrogen-bond donors (Lipinski definition) is 0. The summed E-state index contributed by atoms with van der Waals surface area (Å²) in [5.41, 5.74) is 0.593. The summed E-state index contributed by atoms with van der Waals surface area (Å²) < 4.78 is 5.23. The largest absolute Gasteiger partial charge is 0.380 e. The van der Waals surface area contributed by atoms with Crippen LogP contribution < -0.4 is 0 Å². The Morgan fingerprint density at radius 3 is 2.00 bits per heavy atom. The third-order valence-corrected chi connectivity index (χ3v) is 2.63. The summed E-state index contributed by atoms with van der Waals surface area (Å²) >= 11 is 0. The Kier molecular flexibility index (Phi) is 6.45. The fraction of sp³-hybridized carbons (Fsp3) is 1.00. The predicted octanol–water partition coefficient (Wildman–Crippen LogP) is 3.63. The number of unbranched alkanes of at least 4 members (excludes halogenated alkanes) is 1. The fourth-order valence-corrected chi connectivity index (χ4v) is 1.47. The Bertz CT molecular complexity index is 89.7. The summed E-state index contributed by atoms with van der Waals surface area (Å²) in [5.74, 6) is 0. The van der Waals surface area contributed by atoms with E-state index in [4.69, 9.17) is 4.74 Å². The molecule has 1 rings (SSSR count). The standard InChI is InChI=1S/C9H18O.C2H6/c1-3-5-6-9(4-2)7-10-8-9;1-2/h3-8H2,1-2H3;1-2H3. The van der Waals surface area contributed by atoms with E-state index in [2.05, 4.69) is 13.8 Å². The van der Waals surface area contributed by atoms with Crippen molar-refractivity contribution in [2.75, 3.05) is 13.2 Å². The van der Waals surface area contributed by atoms with E-state index < -0.39 is 0 Å². The van der Waals surface area contributed by atoms with Crippen LogP contribution in [0.5, 0.6) is 0 Å². The first-order valence-corrected chi connectivity index (χ1v) is 5.41. The van der Waals surface area contributed by atoms with Crippen LogP contribution in [0.1, 0.15) is 53.4 Å². The Balaban J connectivity index is 0.000000561. The van der Waals surface area contributed by atoms with Crippen LogP contribution in [0.15, 0.2) is 0 Å². The lowest BCUT2D eigenvalue weighted by Crippen LogP contribution is -2.41. The molecule has 0 aromatic rings. The molecular weight excluding hydrogens is 148 g/mol. The zero-order valence-electron chi connectivity index (χ0n) is 9.15. The molecule has 0 saturated carbocycles. The van der Waals surface area contributed by atoms with Crippen molar-refractivity contribution in [1.29, 1.82) is 0 Å². The van der Waals surface area contributed by atoms with Gasteiger partial charge in [-0.3, -0.25) is 0 Å². The molecule has 1 heterocycles. The van der Waals surface area contributed by atoms with Gasteiger partial charge in [0.25, 0.3) is 0 Å². The van der Waals surface area contributed by atoms with E-state index in [9.17, 15) is 0 Å². The second-order valence-electron chi connectivity index (χ2n) is 3.45. The maximum absolute atomic E-state index is 5.23. The highest BCUT2D eigenvalue weighted by Gasteiger charge is 2.35. The first-order chi connectivity index (χ1) is 5.83. The number of hydrogen-bond acceptors (Lipinski definition) is 1. The second-order valence-corrected chi connectivity index (χ2v) is 3.45. The molecule has 0 aliphatic carbocycles. The van der Waals surface area contributed by atoms with E-state index in [1.54, 1.807) is 0 Å². The monoisotopic (exact) mass is 172 g/mol. The summed E-state index contributed by atoms with van der Waals surface area (Å²) in [6.07, 6.45) is 5.37. The maximum Gasteiger partial charge on any atom is 0.0544 e. The molecule has 0 N–H and O–H groups in total. The minimum absolute atomic E-state index is 0.593. The number of ether oxygens (including phenoxy) is 1. The van der Waals surface area contributed by atoms with Crippen LogP contribution in [0.3, 0.4) is 0 Å². The molecule has 0 aromatic heterocycles. The molecule has 1 aliphatic rings. The molecule has 0 atom stereocenters. The summed E-state index contributed by atoms with van der Waals surface area (Å²) in [6.45, 7) is 10.6. The second kappa shape index (κ2) is 6.47. The third kappa shape index (κ3) is 3.14. The zero-order chi connectivity index (χ0) is 9.45. The van der Waals surface area contributed by atoms with Gasteiger partial charge < -0.3 is 4.74 Å². The Hall–Kier alpha value is -0.0400. The van der Waals surface area contributed by atoms with E-state index >= 15 is 0 Å². The first kappa shape index (κ1) is 12.0. The summed E-state index contributed by atoms with van der Waals surface area (Å²) in [5, 5.41) is 0.